The minimum Gasteiger partial charge on any atom is -0.369 e. The fraction of sp³-hybridized carbons (Fsp3) is 0.588. The van der Waals surface area contributed by atoms with Gasteiger partial charge in [-0.2, -0.15) is 5.26 Å². The minimum absolute atomic E-state index is 0.237. The largest absolute Gasteiger partial charge is 0.369 e. The van der Waals surface area contributed by atoms with Gasteiger partial charge in [0.2, 0.25) is 0 Å². The van der Waals surface area contributed by atoms with Crippen molar-refractivity contribution in [3.63, 3.8) is 0 Å². The number of nitriles is 1. The van der Waals surface area contributed by atoms with Gasteiger partial charge in [-0.3, -0.25) is 4.90 Å². The second kappa shape index (κ2) is 6.68. The lowest BCUT2D eigenvalue weighted by Crippen LogP contribution is -2.53. The Morgan fingerprint density at radius 2 is 1.67 bits per heavy atom. The van der Waals surface area contributed by atoms with E-state index in [1.807, 2.05) is 12.1 Å². The van der Waals surface area contributed by atoms with Crippen molar-refractivity contribution in [3.05, 3.63) is 29.3 Å². The molecule has 3 nitrogen and oxygen atoms in total. The van der Waals surface area contributed by atoms with Gasteiger partial charge in [-0.25, -0.2) is 0 Å². The molecule has 1 aromatic carbocycles. The molecule has 0 spiro atoms. The molecule has 2 unspecified atom stereocenters. The molecule has 0 bridgehead atoms. The first-order valence-electron chi connectivity index (χ1n) is 7.92. The van der Waals surface area contributed by atoms with Crippen molar-refractivity contribution in [1.29, 1.82) is 5.26 Å². The Bertz CT molecular complexity index is 500. The summed E-state index contributed by atoms with van der Waals surface area (Å²) in [6.45, 7) is 4.20. The molecule has 0 radical (unpaired) electrons. The Morgan fingerprint density at radius 3 is 2.33 bits per heavy atom. The van der Waals surface area contributed by atoms with E-state index in [0.29, 0.717) is 6.04 Å². The zero-order chi connectivity index (χ0) is 14.7. The number of anilines is 1. The zero-order valence-corrected chi connectivity index (χ0v) is 13.1. The van der Waals surface area contributed by atoms with E-state index >= 15 is 0 Å². The van der Waals surface area contributed by atoms with Crippen LogP contribution in [0.5, 0.6) is 0 Å². The number of hydrogen-bond acceptors (Lipinski definition) is 3. The van der Waals surface area contributed by atoms with Crippen LogP contribution in [0.15, 0.2) is 24.3 Å². The molecule has 1 saturated heterocycles. The maximum absolute atomic E-state index is 9.35. The lowest BCUT2D eigenvalue weighted by Gasteiger charge is -2.43. The highest BCUT2D eigenvalue weighted by Crippen LogP contribution is 2.29. The first-order valence-corrected chi connectivity index (χ1v) is 8.30. The van der Waals surface area contributed by atoms with Gasteiger partial charge >= 0.3 is 0 Å². The standard InChI is InChI=1S/C17H22ClN3/c18-15-5-7-16(8-6-15)20-9-11-21(12-10-20)17-4-2-1-3-14(17)13-19/h5-8,14,17H,1-4,9-12H2. The smallest absolute Gasteiger partial charge is 0.0672 e. The third-order valence-electron chi connectivity index (χ3n) is 4.87. The summed E-state index contributed by atoms with van der Waals surface area (Å²) in [6, 6.07) is 11.1. The molecule has 1 aromatic rings. The average Bonchev–Trinajstić information content (AvgIpc) is 2.56. The van der Waals surface area contributed by atoms with Gasteiger partial charge in [-0.15, -0.1) is 0 Å². The monoisotopic (exact) mass is 303 g/mol. The molecule has 2 aliphatic rings. The van der Waals surface area contributed by atoms with Gasteiger partial charge in [0.25, 0.3) is 0 Å². The maximum Gasteiger partial charge on any atom is 0.0672 e. The molecule has 4 heteroatoms. The SMILES string of the molecule is N#CC1CCCCC1N1CCN(c2ccc(Cl)cc2)CC1. The molecule has 2 fully saturated rings. The van der Waals surface area contributed by atoms with Gasteiger partial charge in [0.15, 0.2) is 0 Å². The summed E-state index contributed by atoms with van der Waals surface area (Å²) in [5, 5.41) is 10.1. The molecular weight excluding hydrogens is 282 g/mol. The third-order valence-corrected chi connectivity index (χ3v) is 5.12. The highest BCUT2D eigenvalue weighted by molar-refractivity contribution is 6.30. The van der Waals surface area contributed by atoms with E-state index in [4.69, 9.17) is 11.6 Å². The summed E-state index contributed by atoms with van der Waals surface area (Å²) in [4.78, 5) is 4.95. The van der Waals surface area contributed by atoms with Gasteiger partial charge in [0, 0.05) is 42.9 Å². The summed E-state index contributed by atoms with van der Waals surface area (Å²) in [5.74, 6) is 0.237. The zero-order valence-electron chi connectivity index (χ0n) is 12.3. The van der Waals surface area contributed by atoms with Gasteiger partial charge in [0.05, 0.1) is 12.0 Å². The molecule has 0 amide bonds. The van der Waals surface area contributed by atoms with Gasteiger partial charge in [0.1, 0.15) is 0 Å². The highest BCUT2D eigenvalue weighted by Gasteiger charge is 2.31. The van der Waals surface area contributed by atoms with E-state index < -0.39 is 0 Å². The Morgan fingerprint density at radius 1 is 1.00 bits per heavy atom. The minimum atomic E-state index is 0.237. The van der Waals surface area contributed by atoms with Crippen molar-refractivity contribution in [2.75, 3.05) is 31.1 Å². The van der Waals surface area contributed by atoms with Gasteiger partial charge in [-0.1, -0.05) is 24.4 Å². The lowest BCUT2D eigenvalue weighted by atomic mass is 9.84. The predicted octanol–water partition coefficient (Wildman–Crippen LogP) is 3.54. The number of rotatable bonds is 2. The van der Waals surface area contributed by atoms with Crippen molar-refractivity contribution in [2.24, 2.45) is 5.92 Å². The van der Waals surface area contributed by atoms with Gasteiger partial charge in [-0.05, 0) is 37.1 Å². The Balaban J connectivity index is 1.59. The molecule has 112 valence electrons. The number of hydrogen-bond donors (Lipinski definition) is 0. The van der Waals surface area contributed by atoms with E-state index in [2.05, 4.69) is 28.0 Å². The number of nitrogens with zero attached hydrogens (tertiary/aromatic N) is 3. The molecule has 1 heterocycles. The highest BCUT2D eigenvalue weighted by atomic mass is 35.5. The molecule has 3 rings (SSSR count). The summed E-state index contributed by atoms with van der Waals surface area (Å²) < 4.78 is 0. The molecule has 2 atom stereocenters. The van der Waals surface area contributed by atoms with E-state index in [-0.39, 0.29) is 5.92 Å². The van der Waals surface area contributed by atoms with Crippen molar-refractivity contribution in [1.82, 2.24) is 4.90 Å². The maximum atomic E-state index is 9.35. The third kappa shape index (κ3) is 3.33. The summed E-state index contributed by atoms with van der Waals surface area (Å²) in [6.07, 6.45) is 4.78. The molecule has 21 heavy (non-hydrogen) atoms. The molecule has 1 aliphatic carbocycles. The number of piperazine rings is 1. The molecule has 0 N–H and O–H groups in total. The summed E-state index contributed by atoms with van der Waals surface area (Å²) in [7, 11) is 0. The van der Waals surface area contributed by atoms with E-state index in [9.17, 15) is 5.26 Å². The van der Waals surface area contributed by atoms with Crippen molar-refractivity contribution in [3.8, 4) is 6.07 Å². The van der Waals surface area contributed by atoms with E-state index in [1.165, 1.54) is 24.9 Å². The van der Waals surface area contributed by atoms with Crippen LogP contribution in [-0.4, -0.2) is 37.1 Å². The Kier molecular flexibility index (Phi) is 4.67. The van der Waals surface area contributed by atoms with E-state index in [1.54, 1.807) is 0 Å². The normalized spacial score (nSPS) is 27.3. The quantitative estimate of drug-likeness (QED) is 0.837. The topological polar surface area (TPSA) is 30.3 Å². The lowest BCUT2D eigenvalue weighted by molar-refractivity contribution is 0.120. The average molecular weight is 304 g/mol. The fourth-order valence-corrected chi connectivity index (χ4v) is 3.79. The van der Waals surface area contributed by atoms with Crippen LogP contribution >= 0.6 is 11.6 Å². The van der Waals surface area contributed by atoms with Crippen LogP contribution in [0.1, 0.15) is 25.7 Å². The summed E-state index contributed by atoms with van der Waals surface area (Å²) >= 11 is 5.95. The van der Waals surface area contributed by atoms with E-state index in [0.717, 1.165) is 37.6 Å². The van der Waals surface area contributed by atoms with Crippen LogP contribution in [-0.2, 0) is 0 Å². The number of halogens is 1. The van der Waals surface area contributed by atoms with Crippen LogP contribution in [0.4, 0.5) is 5.69 Å². The van der Waals surface area contributed by atoms with Crippen LogP contribution in [0.25, 0.3) is 0 Å². The van der Waals surface area contributed by atoms with Crippen molar-refractivity contribution >= 4 is 17.3 Å². The molecule has 1 aliphatic heterocycles. The Hall–Kier alpha value is -1.24. The molecule has 0 aromatic heterocycles. The second-order valence-corrected chi connectivity index (χ2v) is 6.52. The predicted molar refractivity (Wildman–Crippen MR) is 86.6 cm³/mol. The van der Waals surface area contributed by atoms with Gasteiger partial charge < -0.3 is 4.90 Å². The first-order chi connectivity index (χ1) is 10.3. The second-order valence-electron chi connectivity index (χ2n) is 6.09. The molecule has 1 saturated carbocycles. The Labute approximate surface area is 132 Å². The van der Waals surface area contributed by atoms with Crippen molar-refractivity contribution in [2.45, 2.75) is 31.7 Å². The molecular formula is C17H22ClN3. The van der Waals surface area contributed by atoms with Crippen LogP contribution in [0.2, 0.25) is 5.02 Å². The van der Waals surface area contributed by atoms with Crippen molar-refractivity contribution < 1.29 is 0 Å². The summed E-state index contributed by atoms with van der Waals surface area (Å²) in [5.41, 5.74) is 1.25. The van der Waals surface area contributed by atoms with Crippen LogP contribution in [0, 0.1) is 17.2 Å². The fourth-order valence-electron chi connectivity index (χ4n) is 3.66. The van der Waals surface area contributed by atoms with Crippen LogP contribution in [0.3, 0.4) is 0 Å². The number of benzene rings is 1. The van der Waals surface area contributed by atoms with Crippen LogP contribution < -0.4 is 4.90 Å². The first kappa shape index (κ1) is 14.7.